The maximum atomic E-state index is 12.1. The number of amides is 1. The molecular weight excluding hydrogens is 302 g/mol. The van der Waals surface area contributed by atoms with Crippen LogP contribution >= 0.6 is 27.3 Å². The van der Waals surface area contributed by atoms with Crippen molar-refractivity contribution in [3.8, 4) is 0 Å². The molecule has 2 heterocycles. The molecule has 90 valence electrons. The van der Waals surface area contributed by atoms with Crippen LogP contribution in [0.2, 0.25) is 0 Å². The van der Waals surface area contributed by atoms with E-state index in [1.165, 1.54) is 4.88 Å². The summed E-state index contributed by atoms with van der Waals surface area (Å²) in [5.41, 5.74) is 0. The van der Waals surface area contributed by atoms with E-state index in [4.69, 9.17) is 4.42 Å². The average Bonchev–Trinajstić information content (AvgIpc) is 2.96. The molecule has 0 aromatic carbocycles. The first-order valence-electron chi connectivity index (χ1n) is 5.27. The third-order valence-electron chi connectivity index (χ3n) is 2.38. The molecule has 0 atom stereocenters. The van der Waals surface area contributed by atoms with E-state index < -0.39 is 0 Å². The molecule has 0 aliphatic heterocycles. The first-order chi connectivity index (χ1) is 8.20. The molecule has 0 bridgehead atoms. The van der Waals surface area contributed by atoms with Gasteiger partial charge in [0.1, 0.15) is 0 Å². The van der Waals surface area contributed by atoms with E-state index in [0.717, 1.165) is 0 Å². The fourth-order valence-corrected chi connectivity index (χ4v) is 2.53. The second-order valence-electron chi connectivity index (χ2n) is 3.50. The summed E-state index contributed by atoms with van der Waals surface area (Å²) in [5, 5.41) is 2.01. The molecule has 0 saturated carbocycles. The summed E-state index contributed by atoms with van der Waals surface area (Å²) in [4.78, 5) is 15.1. The van der Waals surface area contributed by atoms with Crippen molar-refractivity contribution in [2.45, 2.75) is 13.5 Å². The normalized spacial score (nSPS) is 10.5. The van der Waals surface area contributed by atoms with Crippen LogP contribution in [0.3, 0.4) is 0 Å². The smallest absolute Gasteiger partial charge is 0.289 e. The van der Waals surface area contributed by atoms with Crippen LogP contribution in [-0.4, -0.2) is 17.4 Å². The highest BCUT2D eigenvalue weighted by molar-refractivity contribution is 9.10. The van der Waals surface area contributed by atoms with Gasteiger partial charge in [0, 0.05) is 11.4 Å². The number of rotatable bonds is 4. The molecule has 2 aromatic heterocycles. The Kier molecular flexibility index (Phi) is 4.02. The van der Waals surface area contributed by atoms with Gasteiger partial charge in [-0.15, -0.1) is 11.3 Å². The van der Waals surface area contributed by atoms with Gasteiger partial charge in [0.05, 0.1) is 6.54 Å². The first-order valence-corrected chi connectivity index (χ1v) is 6.95. The van der Waals surface area contributed by atoms with Crippen LogP contribution in [0.15, 0.2) is 38.7 Å². The van der Waals surface area contributed by atoms with Gasteiger partial charge in [-0.05, 0) is 46.4 Å². The minimum absolute atomic E-state index is 0.0772. The summed E-state index contributed by atoms with van der Waals surface area (Å²) >= 11 is 4.85. The topological polar surface area (TPSA) is 33.5 Å². The van der Waals surface area contributed by atoms with Crippen molar-refractivity contribution in [2.75, 3.05) is 6.54 Å². The minimum Gasteiger partial charge on any atom is -0.444 e. The largest absolute Gasteiger partial charge is 0.444 e. The second-order valence-corrected chi connectivity index (χ2v) is 5.32. The Morgan fingerprint density at radius 2 is 2.29 bits per heavy atom. The van der Waals surface area contributed by atoms with E-state index in [1.54, 1.807) is 28.4 Å². The summed E-state index contributed by atoms with van der Waals surface area (Å²) in [6.45, 7) is 3.25. The second kappa shape index (κ2) is 5.51. The quantitative estimate of drug-likeness (QED) is 0.861. The van der Waals surface area contributed by atoms with Crippen LogP contribution in [0.1, 0.15) is 22.4 Å². The van der Waals surface area contributed by atoms with E-state index >= 15 is 0 Å². The lowest BCUT2D eigenvalue weighted by molar-refractivity contribution is 0.0720. The Morgan fingerprint density at radius 1 is 1.47 bits per heavy atom. The molecule has 0 N–H and O–H groups in total. The molecule has 2 rings (SSSR count). The molecule has 0 aliphatic carbocycles. The average molecular weight is 314 g/mol. The molecule has 3 nitrogen and oxygen atoms in total. The zero-order valence-electron chi connectivity index (χ0n) is 9.35. The van der Waals surface area contributed by atoms with Gasteiger partial charge in [0.2, 0.25) is 0 Å². The van der Waals surface area contributed by atoms with E-state index in [2.05, 4.69) is 15.9 Å². The lowest BCUT2D eigenvalue weighted by Gasteiger charge is -2.18. The van der Waals surface area contributed by atoms with Crippen molar-refractivity contribution in [2.24, 2.45) is 0 Å². The Labute approximate surface area is 112 Å². The van der Waals surface area contributed by atoms with Gasteiger partial charge in [-0.1, -0.05) is 6.07 Å². The third kappa shape index (κ3) is 2.98. The predicted molar refractivity (Wildman–Crippen MR) is 71.1 cm³/mol. The standard InChI is InChI=1S/C12H12BrNO2S/c1-2-14(8-9-4-3-7-17-9)12(15)10-5-6-11(13)16-10/h3-7H,2,8H2,1H3. The Bertz CT molecular complexity index is 492. The zero-order valence-corrected chi connectivity index (χ0v) is 11.8. The van der Waals surface area contributed by atoms with Gasteiger partial charge >= 0.3 is 0 Å². The number of hydrogen-bond donors (Lipinski definition) is 0. The highest BCUT2D eigenvalue weighted by atomic mass is 79.9. The van der Waals surface area contributed by atoms with Crippen molar-refractivity contribution in [1.82, 2.24) is 4.90 Å². The number of nitrogens with zero attached hydrogens (tertiary/aromatic N) is 1. The Balaban J connectivity index is 2.10. The number of carbonyl (C=O) groups excluding carboxylic acids is 1. The number of furan rings is 1. The summed E-state index contributed by atoms with van der Waals surface area (Å²) in [7, 11) is 0. The molecule has 0 saturated heterocycles. The van der Waals surface area contributed by atoms with Crippen molar-refractivity contribution >= 4 is 33.2 Å². The number of hydrogen-bond acceptors (Lipinski definition) is 3. The third-order valence-corrected chi connectivity index (χ3v) is 3.67. The van der Waals surface area contributed by atoms with Crippen LogP contribution in [0.4, 0.5) is 0 Å². The van der Waals surface area contributed by atoms with E-state index in [0.29, 0.717) is 23.5 Å². The summed E-state index contributed by atoms with van der Waals surface area (Å²) in [6, 6.07) is 7.43. The predicted octanol–water partition coefficient (Wildman–Crippen LogP) is 3.77. The number of halogens is 1. The van der Waals surface area contributed by atoms with Gasteiger partial charge in [-0.25, -0.2) is 0 Å². The Hall–Kier alpha value is -1.07. The maximum Gasteiger partial charge on any atom is 0.289 e. The highest BCUT2D eigenvalue weighted by Gasteiger charge is 2.18. The van der Waals surface area contributed by atoms with Crippen molar-refractivity contribution in [3.63, 3.8) is 0 Å². The fraction of sp³-hybridized carbons (Fsp3) is 0.250. The van der Waals surface area contributed by atoms with Crippen LogP contribution in [0, 0.1) is 0 Å². The Morgan fingerprint density at radius 3 is 2.82 bits per heavy atom. The van der Waals surface area contributed by atoms with E-state index in [-0.39, 0.29) is 5.91 Å². The molecular formula is C12H12BrNO2S. The van der Waals surface area contributed by atoms with Gasteiger partial charge in [-0.3, -0.25) is 4.79 Å². The van der Waals surface area contributed by atoms with Crippen LogP contribution in [0.5, 0.6) is 0 Å². The molecule has 0 aliphatic rings. The molecule has 0 fully saturated rings. The van der Waals surface area contributed by atoms with Gasteiger partial charge in [0.25, 0.3) is 5.91 Å². The van der Waals surface area contributed by atoms with Gasteiger partial charge < -0.3 is 9.32 Å². The molecule has 0 radical (unpaired) electrons. The molecule has 0 unspecified atom stereocenters. The monoisotopic (exact) mass is 313 g/mol. The summed E-state index contributed by atoms with van der Waals surface area (Å²) < 4.78 is 5.85. The SMILES string of the molecule is CCN(Cc1cccs1)C(=O)c1ccc(Br)o1. The highest BCUT2D eigenvalue weighted by Crippen LogP contribution is 2.18. The molecule has 5 heteroatoms. The summed E-state index contributed by atoms with van der Waals surface area (Å²) in [6.07, 6.45) is 0. The van der Waals surface area contributed by atoms with E-state index in [1.807, 2.05) is 24.4 Å². The maximum absolute atomic E-state index is 12.1. The van der Waals surface area contributed by atoms with Crippen molar-refractivity contribution < 1.29 is 9.21 Å². The number of carbonyl (C=O) groups is 1. The van der Waals surface area contributed by atoms with Crippen molar-refractivity contribution in [1.29, 1.82) is 0 Å². The van der Waals surface area contributed by atoms with Crippen LogP contribution in [-0.2, 0) is 6.54 Å². The lowest BCUT2D eigenvalue weighted by Crippen LogP contribution is -2.29. The summed E-state index contributed by atoms with van der Waals surface area (Å²) in [5.74, 6) is 0.293. The fourth-order valence-electron chi connectivity index (χ4n) is 1.50. The number of thiophene rings is 1. The van der Waals surface area contributed by atoms with Gasteiger partial charge in [0.15, 0.2) is 10.4 Å². The van der Waals surface area contributed by atoms with Crippen molar-refractivity contribution in [3.05, 3.63) is 45.0 Å². The molecule has 0 spiro atoms. The molecule has 1 amide bonds. The van der Waals surface area contributed by atoms with Crippen LogP contribution in [0.25, 0.3) is 0 Å². The first kappa shape index (κ1) is 12.4. The minimum atomic E-state index is -0.0772. The molecule has 17 heavy (non-hydrogen) atoms. The van der Waals surface area contributed by atoms with E-state index in [9.17, 15) is 4.79 Å². The van der Waals surface area contributed by atoms with Gasteiger partial charge in [-0.2, -0.15) is 0 Å². The zero-order chi connectivity index (χ0) is 12.3. The lowest BCUT2D eigenvalue weighted by atomic mass is 10.3. The molecule has 2 aromatic rings. The van der Waals surface area contributed by atoms with Crippen LogP contribution < -0.4 is 0 Å².